The summed E-state index contributed by atoms with van der Waals surface area (Å²) in [6, 6.07) is 0. The fraction of sp³-hybridized carbons (Fsp3) is 0.733. The number of hydrogen-bond acceptors (Lipinski definition) is 6. The predicted octanol–water partition coefficient (Wildman–Crippen LogP) is 1.84. The zero-order valence-corrected chi connectivity index (χ0v) is 13.8. The summed E-state index contributed by atoms with van der Waals surface area (Å²) in [7, 11) is 3.85. The number of ether oxygens (including phenoxy) is 1. The third-order valence-corrected chi connectivity index (χ3v) is 4.15. The number of rotatable bonds is 5. The minimum atomic E-state index is 0.116. The zero-order valence-electron chi connectivity index (χ0n) is 13.8. The van der Waals surface area contributed by atoms with Gasteiger partial charge in [0.05, 0.1) is 7.11 Å². The van der Waals surface area contributed by atoms with Crippen LogP contribution in [0, 0.1) is 0 Å². The van der Waals surface area contributed by atoms with Crippen LogP contribution >= 0.6 is 0 Å². The van der Waals surface area contributed by atoms with Crippen LogP contribution in [0.3, 0.4) is 0 Å². The lowest BCUT2D eigenvalue weighted by Gasteiger charge is -2.45. The first-order chi connectivity index (χ1) is 9.99. The van der Waals surface area contributed by atoms with E-state index in [0.29, 0.717) is 0 Å². The van der Waals surface area contributed by atoms with Crippen molar-refractivity contribution in [1.82, 2.24) is 14.9 Å². The summed E-state index contributed by atoms with van der Waals surface area (Å²) < 4.78 is 5.58. The summed E-state index contributed by atoms with van der Waals surface area (Å²) >= 11 is 0. The second-order valence-corrected chi connectivity index (χ2v) is 6.16. The van der Waals surface area contributed by atoms with Crippen LogP contribution in [0.2, 0.25) is 0 Å². The molecule has 1 aromatic heterocycles. The van der Waals surface area contributed by atoms with Crippen LogP contribution < -0.4 is 15.0 Å². The van der Waals surface area contributed by atoms with Gasteiger partial charge in [-0.05, 0) is 27.3 Å². The molecule has 1 aliphatic heterocycles. The Morgan fingerprint density at radius 2 is 2.10 bits per heavy atom. The first-order valence-corrected chi connectivity index (χ1v) is 7.58. The molecule has 2 heterocycles. The van der Waals surface area contributed by atoms with Crippen LogP contribution in [-0.2, 0) is 0 Å². The lowest BCUT2D eigenvalue weighted by molar-refractivity contribution is 0.138. The van der Waals surface area contributed by atoms with Crippen LogP contribution in [0.5, 0.6) is 5.75 Å². The minimum Gasteiger partial charge on any atom is -0.490 e. The molecule has 1 saturated heterocycles. The number of nitrogens with one attached hydrogen (secondary N) is 1. The van der Waals surface area contributed by atoms with E-state index in [-0.39, 0.29) is 5.54 Å². The fourth-order valence-electron chi connectivity index (χ4n) is 2.57. The molecule has 0 atom stereocenters. The van der Waals surface area contributed by atoms with Crippen LogP contribution in [0.25, 0.3) is 0 Å². The number of likely N-dealkylation sites (N-methyl/N-ethyl adjacent to an activating group) is 1. The smallest absolute Gasteiger partial charge is 0.204 e. The van der Waals surface area contributed by atoms with Gasteiger partial charge in [0, 0.05) is 31.7 Å². The molecule has 1 fully saturated rings. The van der Waals surface area contributed by atoms with Gasteiger partial charge >= 0.3 is 0 Å². The fourth-order valence-corrected chi connectivity index (χ4v) is 2.57. The largest absolute Gasteiger partial charge is 0.490 e. The molecular formula is C15H27N5O. The highest BCUT2D eigenvalue weighted by atomic mass is 16.5. The Morgan fingerprint density at radius 3 is 2.71 bits per heavy atom. The maximum Gasteiger partial charge on any atom is 0.204 e. The molecule has 0 bridgehead atoms. The number of hydrogen-bond donors (Lipinski definition) is 1. The Kier molecular flexibility index (Phi) is 4.88. The first kappa shape index (κ1) is 15.8. The molecule has 0 saturated carbocycles. The second kappa shape index (κ2) is 6.47. The van der Waals surface area contributed by atoms with Crippen molar-refractivity contribution in [2.24, 2.45) is 0 Å². The SMILES string of the molecule is CCCNc1ncnc(N2CCN(C)C(C)(C)C2)c1OC. The van der Waals surface area contributed by atoms with Crippen LogP contribution in [0.1, 0.15) is 27.2 Å². The first-order valence-electron chi connectivity index (χ1n) is 7.58. The number of aromatic nitrogens is 2. The van der Waals surface area contributed by atoms with Crippen molar-refractivity contribution in [1.29, 1.82) is 0 Å². The third-order valence-electron chi connectivity index (χ3n) is 4.15. The molecule has 21 heavy (non-hydrogen) atoms. The second-order valence-electron chi connectivity index (χ2n) is 6.16. The molecule has 6 heteroatoms. The van der Waals surface area contributed by atoms with Crippen molar-refractivity contribution in [3.05, 3.63) is 6.33 Å². The van der Waals surface area contributed by atoms with Crippen LogP contribution in [-0.4, -0.2) is 60.7 Å². The van der Waals surface area contributed by atoms with Crippen LogP contribution in [0.4, 0.5) is 11.6 Å². The zero-order chi connectivity index (χ0) is 15.5. The molecule has 0 radical (unpaired) electrons. The summed E-state index contributed by atoms with van der Waals surface area (Å²) in [6.07, 6.45) is 2.66. The monoisotopic (exact) mass is 293 g/mol. The van der Waals surface area contributed by atoms with E-state index >= 15 is 0 Å². The van der Waals surface area contributed by atoms with Gasteiger partial charge in [0.25, 0.3) is 0 Å². The van der Waals surface area contributed by atoms with Gasteiger partial charge in [0.15, 0.2) is 11.6 Å². The normalized spacial score (nSPS) is 18.6. The van der Waals surface area contributed by atoms with Crippen molar-refractivity contribution in [2.45, 2.75) is 32.7 Å². The molecule has 0 aliphatic carbocycles. The van der Waals surface area contributed by atoms with Crippen molar-refractivity contribution in [3.8, 4) is 5.75 Å². The van der Waals surface area contributed by atoms with Crippen molar-refractivity contribution in [2.75, 3.05) is 50.6 Å². The molecule has 0 unspecified atom stereocenters. The van der Waals surface area contributed by atoms with E-state index in [1.54, 1.807) is 13.4 Å². The summed E-state index contributed by atoms with van der Waals surface area (Å²) in [4.78, 5) is 13.4. The lowest BCUT2D eigenvalue weighted by atomic mass is 10.00. The third kappa shape index (κ3) is 3.37. The Morgan fingerprint density at radius 1 is 1.33 bits per heavy atom. The standard InChI is InChI=1S/C15H27N5O/c1-6-7-16-13-12(21-5)14(18-11-17-13)20-9-8-19(4)15(2,3)10-20/h11H,6-10H2,1-5H3,(H,16,17,18). The highest BCUT2D eigenvalue weighted by Crippen LogP contribution is 2.34. The van der Waals surface area contributed by atoms with Crippen molar-refractivity contribution in [3.63, 3.8) is 0 Å². The minimum absolute atomic E-state index is 0.116. The van der Waals surface area contributed by atoms with Gasteiger partial charge in [-0.3, -0.25) is 4.90 Å². The number of methoxy groups -OCH3 is 1. The number of piperazine rings is 1. The maximum absolute atomic E-state index is 5.58. The van der Waals surface area contributed by atoms with E-state index in [2.05, 4.69) is 52.9 Å². The molecule has 1 N–H and O–H groups in total. The molecule has 6 nitrogen and oxygen atoms in total. The van der Waals surface area contributed by atoms with Gasteiger partial charge in [0.2, 0.25) is 5.75 Å². The molecule has 2 rings (SSSR count). The van der Waals surface area contributed by atoms with Gasteiger partial charge in [-0.2, -0.15) is 0 Å². The number of anilines is 2. The Hall–Kier alpha value is -1.56. The van der Waals surface area contributed by atoms with Crippen LogP contribution in [0.15, 0.2) is 6.33 Å². The summed E-state index contributed by atoms with van der Waals surface area (Å²) in [6.45, 7) is 10.4. The summed E-state index contributed by atoms with van der Waals surface area (Å²) in [5.41, 5.74) is 0.116. The molecule has 1 aliphatic rings. The Balaban J connectivity index is 2.27. The quantitative estimate of drug-likeness (QED) is 0.894. The number of nitrogens with zero attached hydrogens (tertiary/aromatic N) is 4. The molecule has 118 valence electrons. The Bertz CT molecular complexity index is 477. The summed E-state index contributed by atoms with van der Waals surface area (Å²) in [5.74, 6) is 2.40. The lowest BCUT2D eigenvalue weighted by Crippen LogP contribution is -2.58. The van der Waals surface area contributed by atoms with E-state index in [1.807, 2.05) is 0 Å². The van der Waals surface area contributed by atoms with Gasteiger partial charge in [-0.25, -0.2) is 9.97 Å². The van der Waals surface area contributed by atoms with Gasteiger partial charge < -0.3 is 15.0 Å². The Labute approximate surface area is 127 Å². The van der Waals surface area contributed by atoms with E-state index < -0.39 is 0 Å². The van der Waals surface area contributed by atoms with Gasteiger partial charge in [0.1, 0.15) is 6.33 Å². The highest BCUT2D eigenvalue weighted by molar-refractivity contribution is 5.65. The highest BCUT2D eigenvalue weighted by Gasteiger charge is 2.33. The maximum atomic E-state index is 5.58. The topological polar surface area (TPSA) is 53.5 Å². The van der Waals surface area contributed by atoms with E-state index in [4.69, 9.17) is 4.74 Å². The molecule has 0 aromatic carbocycles. The van der Waals surface area contributed by atoms with Gasteiger partial charge in [-0.15, -0.1) is 0 Å². The van der Waals surface area contributed by atoms with Crippen molar-refractivity contribution < 1.29 is 4.74 Å². The molecular weight excluding hydrogens is 266 g/mol. The summed E-state index contributed by atoms with van der Waals surface area (Å²) in [5, 5.41) is 3.31. The van der Waals surface area contributed by atoms with Crippen molar-refractivity contribution >= 4 is 11.6 Å². The average molecular weight is 293 g/mol. The van der Waals surface area contributed by atoms with E-state index in [1.165, 1.54) is 0 Å². The molecule has 0 amide bonds. The molecule has 0 spiro atoms. The molecule has 1 aromatic rings. The van der Waals surface area contributed by atoms with E-state index in [9.17, 15) is 0 Å². The predicted molar refractivity (Wildman–Crippen MR) is 86.3 cm³/mol. The van der Waals surface area contributed by atoms with Gasteiger partial charge in [-0.1, -0.05) is 6.92 Å². The van der Waals surface area contributed by atoms with E-state index in [0.717, 1.165) is 50.0 Å². The average Bonchev–Trinajstić information content (AvgIpc) is 2.47.